The van der Waals surface area contributed by atoms with Gasteiger partial charge in [0, 0.05) is 18.8 Å². The molecule has 1 rings (SSSR count). The van der Waals surface area contributed by atoms with Gasteiger partial charge in [-0.1, -0.05) is 5.21 Å². The maximum atomic E-state index is 11.3. The lowest BCUT2D eigenvalue weighted by Crippen LogP contribution is -2.35. The molecular formula is C8H14N4O2. The van der Waals surface area contributed by atoms with E-state index in [2.05, 4.69) is 15.6 Å². The third-order valence-corrected chi connectivity index (χ3v) is 1.75. The molecule has 0 aliphatic rings. The fourth-order valence-electron chi connectivity index (χ4n) is 1.05. The van der Waals surface area contributed by atoms with Crippen LogP contribution in [0.2, 0.25) is 0 Å². The van der Waals surface area contributed by atoms with E-state index < -0.39 is 0 Å². The molecule has 1 aromatic heterocycles. The third kappa shape index (κ3) is 3.53. The maximum Gasteiger partial charge on any atom is 0.242 e. The van der Waals surface area contributed by atoms with Crippen molar-refractivity contribution in [2.24, 2.45) is 0 Å². The predicted molar refractivity (Wildman–Crippen MR) is 49.3 cm³/mol. The summed E-state index contributed by atoms with van der Waals surface area (Å²) in [5, 5.41) is 18.6. The molecular weight excluding hydrogens is 184 g/mol. The molecule has 0 fully saturated rings. The van der Waals surface area contributed by atoms with Crippen molar-refractivity contribution >= 4 is 5.91 Å². The van der Waals surface area contributed by atoms with Crippen molar-refractivity contribution in [2.45, 2.75) is 25.9 Å². The zero-order chi connectivity index (χ0) is 10.4. The Hall–Kier alpha value is -1.43. The Morgan fingerprint density at radius 2 is 2.50 bits per heavy atom. The minimum absolute atomic E-state index is 0.0176. The van der Waals surface area contributed by atoms with Gasteiger partial charge in [0.2, 0.25) is 5.91 Å². The first-order valence-electron chi connectivity index (χ1n) is 4.46. The van der Waals surface area contributed by atoms with Crippen LogP contribution in [-0.2, 0) is 11.3 Å². The second kappa shape index (κ2) is 5.33. The highest BCUT2D eigenvalue weighted by molar-refractivity contribution is 5.75. The third-order valence-electron chi connectivity index (χ3n) is 1.75. The number of carbonyl (C=O) groups excluding carboxylic acids is 1. The Morgan fingerprint density at radius 3 is 3.07 bits per heavy atom. The molecule has 0 spiro atoms. The second-order valence-corrected chi connectivity index (χ2v) is 3.08. The zero-order valence-electron chi connectivity index (χ0n) is 8.05. The van der Waals surface area contributed by atoms with E-state index in [1.165, 1.54) is 10.9 Å². The standard InChI is InChI=1S/C8H14N4O2/c1-7(2-5-13)10-8(14)6-12-4-3-9-11-12/h3-4,7,13H,2,5-6H2,1H3,(H,10,14). The van der Waals surface area contributed by atoms with E-state index in [9.17, 15) is 4.79 Å². The molecule has 1 heterocycles. The van der Waals surface area contributed by atoms with E-state index in [1.54, 1.807) is 6.20 Å². The monoisotopic (exact) mass is 198 g/mol. The van der Waals surface area contributed by atoms with Crippen LogP contribution in [0.4, 0.5) is 0 Å². The predicted octanol–water partition coefficient (Wildman–Crippen LogP) is -0.835. The maximum absolute atomic E-state index is 11.3. The van der Waals surface area contributed by atoms with Crippen LogP contribution in [0.15, 0.2) is 12.4 Å². The molecule has 0 aromatic carbocycles. The Labute approximate surface area is 81.9 Å². The van der Waals surface area contributed by atoms with E-state index in [0.717, 1.165) is 0 Å². The molecule has 14 heavy (non-hydrogen) atoms. The Balaban J connectivity index is 2.29. The highest BCUT2D eigenvalue weighted by atomic mass is 16.3. The van der Waals surface area contributed by atoms with Gasteiger partial charge >= 0.3 is 0 Å². The molecule has 0 saturated heterocycles. The summed E-state index contributed by atoms with van der Waals surface area (Å²) in [6.07, 6.45) is 3.70. The van der Waals surface area contributed by atoms with Crippen molar-refractivity contribution in [1.29, 1.82) is 0 Å². The van der Waals surface area contributed by atoms with Crippen molar-refractivity contribution in [3.05, 3.63) is 12.4 Å². The van der Waals surface area contributed by atoms with Gasteiger partial charge < -0.3 is 10.4 Å². The summed E-state index contributed by atoms with van der Waals surface area (Å²) in [5.74, 6) is -0.128. The summed E-state index contributed by atoms with van der Waals surface area (Å²) in [6.45, 7) is 2.08. The van der Waals surface area contributed by atoms with E-state index in [1.807, 2.05) is 6.92 Å². The van der Waals surface area contributed by atoms with Crippen LogP contribution in [0.5, 0.6) is 0 Å². The largest absolute Gasteiger partial charge is 0.396 e. The molecule has 6 nitrogen and oxygen atoms in total. The average molecular weight is 198 g/mol. The summed E-state index contributed by atoms with van der Waals surface area (Å²) >= 11 is 0. The minimum atomic E-state index is -0.128. The summed E-state index contributed by atoms with van der Waals surface area (Å²) in [6, 6.07) is -0.0176. The number of hydrogen-bond donors (Lipinski definition) is 2. The van der Waals surface area contributed by atoms with Gasteiger partial charge in [0.25, 0.3) is 0 Å². The first kappa shape index (κ1) is 10.6. The van der Waals surface area contributed by atoms with Crippen LogP contribution in [-0.4, -0.2) is 38.7 Å². The van der Waals surface area contributed by atoms with Crippen molar-refractivity contribution < 1.29 is 9.90 Å². The van der Waals surface area contributed by atoms with E-state index in [0.29, 0.717) is 6.42 Å². The number of amides is 1. The summed E-state index contributed by atoms with van der Waals surface area (Å²) in [5.41, 5.74) is 0. The fraction of sp³-hybridized carbons (Fsp3) is 0.625. The van der Waals surface area contributed by atoms with Gasteiger partial charge in [0.05, 0.1) is 6.20 Å². The Bertz CT molecular complexity index is 273. The molecule has 1 amide bonds. The molecule has 0 aliphatic carbocycles. The molecule has 1 unspecified atom stereocenters. The fourth-order valence-corrected chi connectivity index (χ4v) is 1.05. The van der Waals surface area contributed by atoms with Gasteiger partial charge in [-0.2, -0.15) is 0 Å². The summed E-state index contributed by atoms with van der Waals surface area (Å²) in [4.78, 5) is 11.3. The number of aromatic nitrogens is 3. The molecule has 0 saturated carbocycles. The molecule has 1 atom stereocenters. The molecule has 78 valence electrons. The lowest BCUT2D eigenvalue weighted by atomic mass is 10.2. The summed E-state index contributed by atoms with van der Waals surface area (Å²) in [7, 11) is 0. The second-order valence-electron chi connectivity index (χ2n) is 3.08. The SMILES string of the molecule is CC(CCO)NC(=O)Cn1ccnn1. The van der Waals surface area contributed by atoms with Crippen molar-refractivity contribution in [1.82, 2.24) is 20.3 Å². The Kier molecular flexibility index (Phi) is 4.06. The normalized spacial score (nSPS) is 12.4. The van der Waals surface area contributed by atoms with Crippen LogP contribution in [0, 0.1) is 0 Å². The van der Waals surface area contributed by atoms with E-state index in [-0.39, 0.29) is 25.1 Å². The molecule has 6 heteroatoms. The summed E-state index contributed by atoms with van der Waals surface area (Å²) < 4.78 is 1.45. The molecule has 0 aliphatic heterocycles. The lowest BCUT2D eigenvalue weighted by molar-refractivity contribution is -0.122. The van der Waals surface area contributed by atoms with E-state index >= 15 is 0 Å². The molecule has 2 N–H and O–H groups in total. The molecule has 0 radical (unpaired) electrons. The van der Waals surface area contributed by atoms with Gasteiger partial charge in [-0.25, -0.2) is 4.68 Å². The Morgan fingerprint density at radius 1 is 1.71 bits per heavy atom. The van der Waals surface area contributed by atoms with Crippen LogP contribution in [0.1, 0.15) is 13.3 Å². The van der Waals surface area contributed by atoms with Crippen LogP contribution in [0.25, 0.3) is 0 Å². The number of nitrogens with one attached hydrogen (secondary N) is 1. The molecule has 1 aromatic rings. The van der Waals surface area contributed by atoms with Crippen LogP contribution < -0.4 is 5.32 Å². The lowest BCUT2D eigenvalue weighted by Gasteiger charge is -2.11. The van der Waals surface area contributed by atoms with Crippen molar-refractivity contribution in [3.8, 4) is 0 Å². The smallest absolute Gasteiger partial charge is 0.242 e. The highest BCUT2D eigenvalue weighted by Gasteiger charge is 2.07. The first-order valence-corrected chi connectivity index (χ1v) is 4.46. The van der Waals surface area contributed by atoms with Crippen molar-refractivity contribution in [2.75, 3.05) is 6.61 Å². The van der Waals surface area contributed by atoms with Crippen LogP contribution >= 0.6 is 0 Å². The molecule has 0 bridgehead atoms. The van der Waals surface area contributed by atoms with Gasteiger partial charge in [0.15, 0.2) is 0 Å². The van der Waals surface area contributed by atoms with Gasteiger partial charge in [0.1, 0.15) is 6.54 Å². The van der Waals surface area contributed by atoms with E-state index in [4.69, 9.17) is 5.11 Å². The number of hydrogen-bond acceptors (Lipinski definition) is 4. The van der Waals surface area contributed by atoms with Gasteiger partial charge in [-0.3, -0.25) is 4.79 Å². The average Bonchev–Trinajstić information content (AvgIpc) is 2.56. The minimum Gasteiger partial charge on any atom is -0.396 e. The number of rotatable bonds is 5. The number of aliphatic hydroxyl groups is 1. The van der Waals surface area contributed by atoms with Crippen molar-refractivity contribution in [3.63, 3.8) is 0 Å². The quantitative estimate of drug-likeness (QED) is 0.647. The topological polar surface area (TPSA) is 80.0 Å². The van der Waals surface area contributed by atoms with Gasteiger partial charge in [-0.15, -0.1) is 5.10 Å². The number of carbonyl (C=O) groups is 1. The number of aliphatic hydroxyl groups excluding tert-OH is 1. The zero-order valence-corrected chi connectivity index (χ0v) is 8.05. The van der Waals surface area contributed by atoms with Crippen LogP contribution in [0.3, 0.4) is 0 Å². The highest BCUT2D eigenvalue weighted by Crippen LogP contribution is 1.89. The number of nitrogens with zero attached hydrogens (tertiary/aromatic N) is 3. The first-order chi connectivity index (χ1) is 6.72. The van der Waals surface area contributed by atoms with Gasteiger partial charge in [-0.05, 0) is 13.3 Å².